The van der Waals surface area contributed by atoms with Gasteiger partial charge in [0.25, 0.3) is 0 Å². The topological polar surface area (TPSA) is 63.6 Å². The molecule has 1 unspecified atom stereocenters. The summed E-state index contributed by atoms with van der Waals surface area (Å²) in [6.45, 7) is 2.04. The van der Waals surface area contributed by atoms with Crippen LogP contribution in [0.25, 0.3) is 0 Å². The molecule has 0 radical (unpaired) electrons. The van der Waals surface area contributed by atoms with Gasteiger partial charge in [0, 0.05) is 6.42 Å². The first-order chi connectivity index (χ1) is 9.02. The minimum atomic E-state index is -1.08. The molecule has 0 bridgehead atoms. The van der Waals surface area contributed by atoms with E-state index in [0.29, 0.717) is 25.7 Å². The lowest BCUT2D eigenvalue weighted by Gasteiger charge is -2.38. The van der Waals surface area contributed by atoms with E-state index in [1.54, 1.807) is 6.92 Å². The van der Waals surface area contributed by atoms with Gasteiger partial charge in [0.15, 0.2) is 0 Å². The number of rotatable bonds is 4. The Bertz CT molecular complexity index is 357. The van der Waals surface area contributed by atoms with Crippen LogP contribution in [0, 0.1) is 5.41 Å². The average molecular weight is 268 g/mol. The number of ketones is 1. The Hall–Kier alpha value is -0.900. The SMILES string of the molecule is CCOC(=O)C1(CC2(O)CCCC2)CCCCC1=O. The van der Waals surface area contributed by atoms with Gasteiger partial charge >= 0.3 is 5.97 Å². The van der Waals surface area contributed by atoms with E-state index in [1.165, 1.54) is 0 Å². The van der Waals surface area contributed by atoms with Gasteiger partial charge in [-0.15, -0.1) is 0 Å². The average Bonchev–Trinajstić information content (AvgIpc) is 2.79. The lowest BCUT2D eigenvalue weighted by atomic mass is 9.66. The van der Waals surface area contributed by atoms with E-state index >= 15 is 0 Å². The summed E-state index contributed by atoms with van der Waals surface area (Å²) < 4.78 is 5.14. The zero-order valence-electron chi connectivity index (χ0n) is 11.7. The highest BCUT2D eigenvalue weighted by Gasteiger charge is 2.52. The molecular weight excluding hydrogens is 244 g/mol. The third-order valence-electron chi connectivity index (χ3n) is 4.62. The Morgan fingerprint density at radius 1 is 1.21 bits per heavy atom. The Morgan fingerprint density at radius 2 is 1.84 bits per heavy atom. The molecule has 1 atom stereocenters. The first kappa shape index (κ1) is 14.5. The molecule has 0 heterocycles. The van der Waals surface area contributed by atoms with Gasteiger partial charge in [0.05, 0.1) is 12.2 Å². The maximum Gasteiger partial charge on any atom is 0.319 e. The maximum atomic E-state index is 12.4. The molecular formula is C15H24O4. The highest BCUT2D eigenvalue weighted by Crippen LogP contribution is 2.45. The van der Waals surface area contributed by atoms with E-state index < -0.39 is 17.0 Å². The lowest BCUT2D eigenvalue weighted by Crippen LogP contribution is -2.48. The summed E-state index contributed by atoms with van der Waals surface area (Å²) in [7, 11) is 0. The van der Waals surface area contributed by atoms with Crippen molar-refractivity contribution < 1.29 is 19.4 Å². The predicted octanol–water partition coefficient (Wildman–Crippen LogP) is 2.37. The molecule has 4 heteroatoms. The van der Waals surface area contributed by atoms with Crippen molar-refractivity contribution in [2.45, 2.75) is 70.3 Å². The van der Waals surface area contributed by atoms with Gasteiger partial charge in [-0.2, -0.15) is 0 Å². The van der Waals surface area contributed by atoms with Crippen LogP contribution in [0.5, 0.6) is 0 Å². The third-order valence-corrected chi connectivity index (χ3v) is 4.62. The Morgan fingerprint density at radius 3 is 2.42 bits per heavy atom. The molecule has 2 rings (SSSR count). The summed E-state index contributed by atoms with van der Waals surface area (Å²) in [6, 6.07) is 0. The van der Waals surface area contributed by atoms with Crippen molar-refractivity contribution >= 4 is 11.8 Å². The fourth-order valence-electron chi connectivity index (χ4n) is 3.61. The molecule has 0 spiro atoms. The first-order valence-electron chi connectivity index (χ1n) is 7.45. The van der Waals surface area contributed by atoms with Gasteiger partial charge in [-0.25, -0.2) is 0 Å². The molecule has 0 amide bonds. The number of ether oxygens (including phenoxy) is 1. The van der Waals surface area contributed by atoms with E-state index in [-0.39, 0.29) is 18.8 Å². The Balaban J connectivity index is 2.22. The lowest BCUT2D eigenvalue weighted by molar-refractivity contribution is -0.167. The normalized spacial score (nSPS) is 30.3. The highest BCUT2D eigenvalue weighted by atomic mass is 16.5. The smallest absolute Gasteiger partial charge is 0.319 e. The molecule has 1 N–H and O–H groups in total. The molecule has 4 nitrogen and oxygen atoms in total. The molecule has 0 aliphatic heterocycles. The second-order valence-electron chi connectivity index (χ2n) is 6.04. The fraction of sp³-hybridized carbons (Fsp3) is 0.867. The van der Waals surface area contributed by atoms with E-state index in [9.17, 15) is 14.7 Å². The van der Waals surface area contributed by atoms with Crippen LogP contribution in [0.4, 0.5) is 0 Å². The summed E-state index contributed by atoms with van der Waals surface area (Å²) in [5, 5.41) is 10.6. The number of carbonyl (C=O) groups excluding carboxylic acids is 2. The van der Waals surface area contributed by atoms with Crippen molar-refractivity contribution in [2.75, 3.05) is 6.61 Å². The number of carbonyl (C=O) groups is 2. The molecule has 2 fully saturated rings. The van der Waals surface area contributed by atoms with Crippen molar-refractivity contribution in [1.82, 2.24) is 0 Å². The largest absolute Gasteiger partial charge is 0.465 e. The van der Waals surface area contributed by atoms with Gasteiger partial charge in [-0.3, -0.25) is 9.59 Å². The summed E-state index contributed by atoms with van der Waals surface area (Å²) in [6.07, 6.45) is 6.29. The van der Waals surface area contributed by atoms with Crippen LogP contribution in [0.15, 0.2) is 0 Å². The van der Waals surface area contributed by atoms with Crippen LogP contribution in [-0.4, -0.2) is 29.1 Å². The van der Waals surface area contributed by atoms with Crippen molar-refractivity contribution in [3.8, 4) is 0 Å². The quantitative estimate of drug-likeness (QED) is 0.628. The van der Waals surface area contributed by atoms with Gasteiger partial charge < -0.3 is 9.84 Å². The summed E-state index contributed by atoms with van der Waals surface area (Å²) >= 11 is 0. The third kappa shape index (κ3) is 2.83. The molecule has 0 aromatic carbocycles. The molecule has 2 aliphatic rings. The minimum Gasteiger partial charge on any atom is -0.465 e. The standard InChI is InChI=1S/C15H24O4/c1-2-19-13(17)15(10-4-3-7-12(15)16)11-14(18)8-5-6-9-14/h18H,2-11H2,1H3. The fourth-order valence-corrected chi connectivity index (χ4v) is 3.61. The van der Waals surface area contributed by atoms with Gasteiger partial charge in [-0.1, -0.05) is 19.3 Å². The second-order valence-corrected chi connectivity index (χ2v) is 6.04. The van der Waals surface area contributed by atoms with E-state index in [2.05, 4.69) is 0 Å². The number of Topliss-reactive ketones (excluding diaryl/α,β-unsaturated/α-hetero) is 1. The monoisotopic (exact) mass is 268 g/mol. The molecule has 0 aromatic rings. The van der Waals surface area contributed by atoms with Crippen LogP contribution >= 0.6 is 0 Å². The van der Waals surface area contributed by atoms with Gasteiger partial charge in [0.2, 0.25) is 0 Å². The Labute approximate surface area is 114 Å². The number of aliphatic hydroxyl groups is 1. The highest BCUT2D eigenvalue weighted by molar-refractivity contribution is 6.04. The van der Waals surface area contributed by atoms with Crippen LogP contribution < -0.4 is 0 Å². The van der Waals surface area contributed by atoms with Crippen molar-refractivity contribution in [2.24, 2.45) is 5.41 Å². The molecule has 2 aliphatic carbocycles. The molecule has 19 heavy (non-hydrogen) atoms. The summed E-state index contributed by atoms with van der Waals surface area (Å²) in [5.74, 6) is -0.447. The van der Waals surface area contributed by atoms with Crippen molar-refractivity contribution in [3.05, 3.63) is 0 Å². The maximum absolute atomic E-state index is 12.4. The number of hydrogen-bond acceptors (Lipinski definition) is 4. The minimum absolute atomic E-state index is 0.0301. The van der Waals surface area contributed by atoms with Crippen LogP contribution in [0.2, 0.25) is 0 Å². The van der Waals surface area contributed by atoms with E-state index in [1.807, 2.05) is 0 Å². The van der Waals surface area contributed by atoms with E-state index in [0.717, 1.165) is 25.7 Å². The first-order valence-corrected chi connectivity index (χ1v) is 7.45. The zero-order valence-corrected chi connectivity index (χ0v) is 11.7. The van der Waals surface area contributed by atoms with Crippen molar-refractivity contribution in [1.29, 1.82) is 0 Å². The van der Waals surface area contributed by atoms with Crippen LogP contribution in [-0.2, 0) is 14.3 Å². The summed E-state index contributed by atoms with van der Waals surface area (Å²) in [4.78, 5) is 24.7. The van der Waals surface area contributed by atoms with Gasteiger partial charge in [-0.05, 0) is 39.0 Å². The predicted molar refractivity (Wildman–Crippen MR) is 70.6 cm³/mol. The van der Waals surface area contributed by atoms with E-state index in [4.69, 9.17) is 4.74 Å². The molecule has 2 saturated carbocycles. The van der Waals surface area contributed by atoms with Gasteiger partial charge in [0.1, 0.15) is 11.2 Å². The van der Waals surface area contributed by atoms with Crippen molar-refractivity contribution in [3.63, 3.8) is 0 Å². The zero-order chi connectivity index (χ0) is 13.9. The number of hydrogen-bond donors (Lipinski definition) is 1. The van der Waals surface area contributed by atoms with Crippen LogP contribution in [0.1, 0.15) is 64.7 Å². The molecule has 0 aromatic heterocycles. The van der Waals surface area contributed by atoms with Crippen LogP contribution in [0.3, 0.4) is 0 Å². The summed E-state index contributed by atoms with van der Waals surface area (Å²) in [5.41, 5.74) is -1.92. The Kier molecular flexibility index (Phi) is 4.29. The number of esters is 1. The molecule has 0 saturated heterocycles. The molecule has 108 valence electrons. The second kappa shape index (κ2) is 5.61.